The molecule has 2 fully saturated rings. The number of hydrogen-bond acceptors (Lipinski definition) is 9. The fourth-order valence-electron chi connectivity index (χ4n) is 4.23. The number of nitrogens with one attached hydrogen (secondary N) is 1. The van der Waals surface area contributed by atoms with Crippen LogP contribution in [0.1, 0.15) is 18.4 Å². The first-order valence-electron chi connectivity index (χ1n) is 11.6. The van der Waals surface area contributed by atoms with E-state index in [4.69, 9.17) is 0 Å². The van der Waals surface area contributed by atoms with Gasteiger partial charge in [0.2, 0.25) is 21.8 Å². The van der Waals surface area contributed by atoms with E-state index in [1.54, 1.807) is 6.20 Å². The molecule has 12 heteroatoms. The fourth-order valence-corrected chi connectivity index (χ4v) is 5.66. The van der Waals surface area contributed by atoms with E-state index in [9.17, 15) is 18.0 Å². The van der Waals surface area contributed by atoms with Crippen LogP contribution in [-0.4, -0.2) is 65.9 Å². The lowest BCUT2D eigenvalue weighted by Crippen LogP contribution is -2.49. The number of anilines is 4. The average Bonchev–Trinajstić information content (AvgIpc) is 3.22. The Bertz CT molecular complexity index is 1370. The van der Waals surface area contributed by atoms with Crippen molar-refractivity contribution in [3.63, 3.8) is 0 Å². The molecule has 5 rings (SSSR count). The molecule has 0 radical (unpaired) electrons. The van der Waals surface area contributed by atoms with Gasteiger partial charge in [-0.1, -0.05) is 0 Å². The van der Waals surface area contributed by atoms with Gasteiger partial charge in [0, 0.05) is 45.2 Å². The fraction of sp³-hybridized carbons (Fsp3) is 0.292. The Morgan fingerprint density at radius 1 is 0.833 bits per heavy atom. The van der Waals surface area contributed by atoms with Crippen molar-refractivity contribution >= 4 is 45.0 Å². The summed E-state index contributed by atoms with van der Waals surface area (Å²) in [5, 5.41) is 11.6. The monoisotopic (exact) mass is 507 g/mol. The quantitative estimate of drug-likeness (QED) is 0.499. The van der Waals surface area contributed by atoms with Gasteiger partial charge in [0.1, 0.15) is 5.82 Å². The molecule has 2 aliphatic rings. The zero-order chi connectivity index (χ0) is 25.3. The van der Waals surface area contributed by atoms with Crippen LogP contribution in [0.5, 0.6) is 0 Å². The van der Waals surface area contributed by atoms with E-state index in [1.807, 2.05) is 36.1 Å². The number of carbonyl (C=O) groups excluding carboxylic acids is 2. The largest absolute Gasteiger partial charge is 0.352 e. The van der Waals surface area contributed by atoms with Gasteiger partial charge in [0.25, 0.3) is 0 Å². The summed E-state index contributed by atoms with van der Waals surface area (Å²) < 4.78 is 27.7. The summed E-state index contributed by atoms with van der Waals surface area (Å²) in [5.74, 6) is 1.37. The number of imide groups is 1. The third-order valence-electron chi connectivity index (χ3n) is 6.17. The maximum Gasteiger partial charge on any atom is 0.243 e. The molecular formula is C24H25N7O4S. The summed E-state index contributed by atoms with van der Waals surface area (Å²) >= 11 is 0. The van der Waals surface area contributed by atoms with E-state index >= 15 is 0 Å². The Labute approximate surface area is 208 Å². The molecule has 4 heterocycles. The molecule has 0 spiro atoms. The van der Waals surface area contributed by atoms with Gasteiger partial charge in [-0.05, 0) is 61.0 Å². The van der Waals surface area contributed by atoms with Crippen LogP contribution in [0.15, 0.2) is 59.6 Å². The van der Waals surface area contributed by atoms with Crippen molar-refractivity contribution in [2.45, 2.75) is 24.7 Å². The summed E-state index contributed by atoms with van der Waals surface area (Å²) in [4.78, 5) is 31.3. The molecule has 0 bridgehead atoms. The molecule has 36 heavy (non-hydrogen) atoms. The zero-order valence-electron chi connectivity index (χ0n) is 19.7. The van der Waals surface area contributed by atoms with Crippen LogP contribution in [0.3, 0.4) is 0 Å². The Balaban J connectivity index is 1.21. The number of piperazine rings is 1. The molecule has 3 aromatic rings. The van der Waals surface area contributed by atoms with Gasteiger partial charge in [-0.15, -0.1) is 10.2 Å². The number of sulfonamides is 1. The number of pyridine rings is 1. The summed E-state index contributed by atoms with van der Waals surface area (Å²) in [6.45, 7) is 3.50. The molecule has 1 N–H and O–H groups in total. The highest BCUT2D eigenvalue weighted by molar-refractivity contribution is 7.89. The minimum Gasteiger partial charge on any atom is -0.352 e. The lowest BCUT2D eigenvalue weighted by Gasteiger charge is -2.34. The average molecular weight is 508 g/mol. The number of carbonyl (C=O) groups is 2. The summed E-state index contributed by atoms with van der Waals surface area (Å²) in [6, 6.07) is 13.4. The van der Waals surface area contributed by atoms with Crippen molar-refractivity contribution in [2.75, 3.05) is 41.3 Å². The Morgan fingerprint density at radius 3 is 2.14 bits per heavy atom. The maximum atomic E-state index is 13.2. The molecule has 0 saturated carbocycles. The first-order chi connectivity index (χ1) is 17.3. The third kappa shape index (κ3) is 4.77. The second kappa shape index (κ2) is 9.63. The predicted molar refractivity (Wildman–Crippen MR) is 133 cm³/mol. The number of hydrogen-bond donors (Lipinski definition) is 1. The van der Waals surface area contributed by atoms with Crippen LogP contribution in [0.4, 0.5) is 23.1 Å². The van der Waals surface area contributed by atoms with Crippen molar-refractivity contribution < 1.29 is 18.0 Å². The first kappa shape index (κ1) is 23.8. The molecule has 2 saturated heterocycles. The Morgan fingerprint density at radius 2 is 1.53 bits per heavy atom. The van der Waals surface area contributed by atoms with Gasteiger partial charge in [-0.2, -0.15) is 4.31 Å². The lowest BCUT2D eigenvalue weighted by molar-refractivity contribution is -0.121. The van der Waals surface area contributed by atoms with Gasteiger partial charge in [0.05, 0.1) is 10.6 Å². The minimum absolute atomic E-state index is 0.124. The highest BCUT2D eigenvalue weighted by atomic mass is 32.2. The molecule has 0 aliphatic carbocycles. The van der Waals surface area contributed by atoms with Crippen molar-refractivity contribution in [1.29, 1.82) is 0 Å². The number of amides is 2. The number of aryl methyl sites for hydroxylation is 1. The summed E-state index contributed by atoms with van der Waals surface area (Å²) in [5.41, 5.74) is 1.47. The van der Waals surface area contributed by atoms with Crippen molar-refractivity contribution in [1.82, 2.24) is 19.5 Å². The second-order valence-electron chi connectivity index (χ2n) is 8.63. The predicted octanol–water partition coefficient (Wildman–Crippen LogP) is 2.09. The summed E-state index contributed by atoms with van der Waals surface area (Å²) in [7, 11) is -3.71. The third-order valence-corrected chi connectivity index (χ3v) is 8.08. The van der Waals surface area contributed by atoms with E-state index in [0.717, 1.165) is 10.5 Å². The van der Waals surface area contributed by atoms with Gasteiger partial charge in [-0.25, -0.2) is 13.4 Å². The molecule has 11 nitrogen and oxygen atoms in total. The molecule has 0 atom stereocenters. The van der Waals surface area contributed by atoms with Crippen LogP contribution >= 0.6 is 0 Å². The van der Waals surface area contributed by atoms with E-state index in [0.29, 0.717) is 49.3 Å². The summed E-state index contributed by atoms with van der Waals surface area (Å²) in [6.07, 6.45) is 2.07. The normalized spacial score (nSPS) is 17.0. The highest BCUT2D eigenvalue weighted by Crippen LogP contribution is 2.26. The molecule has 1 aromatic carbocycles. The number of benzene rings is 1. The molecular weight excluding hydrogens is 482 g/mol. The van der Waals surface area contributed by atoms with E-state index in [1.165, 1.54) is 28.6 Å². The highest BCUT2D eigenvalue weighted by Gasteiger charge is 2.32. The van der Waals surface area contributed by atoms with Crippen LogP contribution < -0.4 is 15.1 Å². The van der Waals surface area contributed by atoms with Gasteiger partial charge in [-0.3, -0.25) is 14.5 Å². The molecule has 186 valence electrons. The van der Waals surface area contributed by atoms with E-state index < -0.39 is 10.0 Å². The van der Waals surface area contributed by atoms with E-state index in [2.05, 4.69) is 20.5 Å². The van der Waals surface area contributed by atoms with Crippen LogP contribution in [-0.2, 0) is 19.6 Å². The smallest absolute Gasteiger partial charge is 0.243 e. The topological polar surface area (TPSA) is 129 Å². The van der Waals surface area contributed by atoms with Crippen molar-refractivity contribution in [2.24, 2.45) is 0 Å². The number of rotatable bonds is 6. The number of nitrogens with zero attached hydrogens (tertiary/aromatic N) is 6. The first-order valence-corrected chi connectivity index (χ1v) is 13.0. The van der Waals surface area contributed by atoms with Gasteiger partial charge >= 0.3 is 0 Å². The lowest BCUT2D eigenvalue weighted by atomic mass is 10.3. The number of aromatic nitrogens is 3. The van der Waals surface area contributed by atoms with Crippen molar-refractivity contribution in [3.8, 4) is 0 Å². The van der Waals surface area contributed by atoms with E-state index in [-0.39, 0.29) is 29.6 Å². The van der Waals surface area contributed by atoms with Crippen LogP contribution in [0.25, 0.3) is 0 Å². The minimum atomic E-state index is -3.71. The maximum absolute atomic E-state index is 13.2. The van der Waals surface area contributed by atoms with Crippen LogP contribution in [0, 0.1) is 6.92 Å². The molecule has 2 aromatic heterocycles. The van der Waals surface area contributed by atoms with Gasteiger partial charge < -0.3 is 10.2 Å². The second-order valence-corrected chi connectivity index (χ2v) is 10.6. The molecule has 0 unspecified atom stereocenters. The SMILES string of the molecule is Cc1ccnc(Nc2ccc(N3CCN(S(=O)(=O)c4ccc(N5C(=O)CCC5=O)cc4)CC3)nn2)c1. The Hall–Kier alpha value is -3.90. The van der Waals surface area contributed by atoms with Gasteiger partial charge in [0.15, 0.2) is 11.6 Å². The molecule has 2 amide bonds. The Kier molecular flexibility index (Phi) is 6.37. The van der Waals surface area contributed by atoms with Crippen molar-refractivity contribution in [3.05, 3.63) is 60.3 Å². The zero-order valence-corrected chi connectivity index (χ0v) is 20.5. The molecule has 2 aliphatic heterocycles. The standard InChI is InChI=1S/C24H25N7O4S/c1-17-10-11-25-21(16-17)26-20-6-7-22(28-27-20)29-12-14-30(15-13-29)36(34,35)19-4-2-18(3-5-19)31-23(32)8-9-24(31)33/h2-7,10-11,16H,8-9,12-15H2,1H3,(H,25,26,27). The van der Waals surface area contributed by atoms with Crippen LogP contribution in [0.2, 0.25) is 0 Å².